The molecule has 2 aromatic carbocycles. The van der Waals surface area contributed by atoms with Crippen LogP contribution in [-0.2, 0) is 6.54 Å². The lowest BCUT2D eigenvalue weighted by molar-refractivity contribution is 0.244. The molecular formula is C21H26N2OS. The Bertz CT molecular complexity index is 696. The van der Waals surface area contributed by atoms with Crippen molar-refractivity contribution in [2.45, 2.75) is 11.4 Å². The average Bonchev–Trinajstić information content (AvgIpc) is 2.68. The number of para-hydroxylation sites is 2. The van der Waals surface area contributed by atoms with Gasteiger partial charge in [0.15, 0.2) is 0 Å². The minimum atomic E-state index is 0.552. The number of thioether (sulfide) groups is 1. The van der Waals surface area contributed by atoms with Gasteiger partial charge in [-0.3, -0.25) is 4.90 Å². The second-order valence-corrected chi connectivity index (χ2v) is 6.99. The SMILES string of the molecule is C=CCOc1ccccc1CN1CCN(c2ccccc2SC)CC1. The molecule has 3 rings (SSSR count). The highest BCUT2D eigenvalue weighted by Crippen LogP contribution is 2.29. The van der Waals surface area contributed by atoms with Crippen molar-refractivity contribution in [2.24, 2.45) is 0 Å². The lowest BCUT2D eigenvalue weighted by Gasteiger charge is -2.37. The summed E-state index contributed by atoms with van der Waals surface area (Å²) in [5.41, 5.74) is 2.62. The molecule has 4 heteroatoms. The second-order valence-electron chi connectivity index (χ2n) is 6.14. The van der Waals surface area contributed by atoms with Crippen LogP contribution in [0.4, 0.5) is 5.69 Å². The molecule has 0 aliphatic carbocycles. The van der Waals surface area contributed by atoms with Gasteiger partial charge in [-0.2, -0.15) is 0 Å². The molecule has 0 radical (unpaired) electrons. The van der Waals surface area contributed by atoms with E-state index in [4.69, 9.17) is 4.74 Å². The van der Waals surface area contributed by atoms with E-state index in [2.05, 4.69) is 59.0 Å². The van der Waals surface area contributed by atoms with E-state index in [0.717, 1.165) is 38.5 Å². The van der Waals surface area contributed by atoms with E-state index in [0.29, 0.717) is 6.61 Å². The zero-order valence-corrected chi connectivity index (χ0v) is 15.7. The second kappa shape index (κ2) is 8.97. The lowest BCUT2D eigenvalue weighted by atomic mass is 10.1. The molecule has 132 valence electrons. The molecule has 25 heavy (non-hydrogen) atoms. The number of hydrogen-bond donors (Lipinski definition) is 0. The number of piperazine rings is 1. The summed E-state index contributed by atoms with van der Waals surface area (Å²) >= 11 is 1.82. The van der Waals surface area contributed by atoms with Crippen LogP contribution in [0.1, 0.15) is 5.56 Å². The summed E-state index contributed by atoms with van der Waals surface area (Å²) in [6.45, 7) is 9.48. The van der Waals surface area contributed by atoms with Crippen LogP contribution in [-0.4, -0.2) is 43.9 Å². The van der Waals surface area contributed by atoms with E-state index >= 15 is 0 Å². The van der Waals surface area contributed by atoms with Crippen LogP contribution in [0.25, 0.3) is 0 Å². The summed E-state index contributed by atoms with van der Waals surface area (Å²) < 4.78 is 5.79. The number of hydrogen-bond acceptors (Lipinski definition) is 4. The molecule has 0 N–H and O–H groups in total. The Kier molecular flexibility index (Phi) is 6.42. The fraction of sp³-hybridized carbons (Fsp3) is 0.333. The Morgan fingerprint density at radius 1 is 1.04 bits per heavy atom. The van der Waals surface area contributed by atoms with E-state index in [-0.39, 0.29) is 0 Å². The van der Waals surface area contributed by atoms with Crippen LogP contribution < -0.4 is 9.64 Å². The van der Waals surface area contributed by atoms with Crippen LogP contribution in [0, 0.1) is 0 Å². The summed E-state index contributed by atoms with van der Waals surface area (Å²) in [4.78, 5) is 6.37. The Labute approximate surface area is 155 Å². The molecule has 0 spiro atoms. The standard InChI is InChI=1S/C21H26N2OS/c1-3-16-24-20-10-6-4-8-18(20)17-22-12-14-23(15-13-22)19-9-5-7-11-21(19)25-2/h3-11H,1,12-17H2,2H3. The van der Waals surface area contributed by atoms with Crippen LogP contribution in [0.2, 0.25) is 0 Å². The third-order valence-corrected chi connectivity index (χ3v) is 5.31. The Hall–Kier alpha value is -1.91. The van der Waals surface area contributed by atoms with Crippen molar-refractivity contribution in [2.75, 3.05) is 43.9 Å². The molecule has 3 nitrogen and oxygen atoms in total. The first kappa shape index (κ1) is 17.9. The minimum Gasteiger partial charge on any atom is -0.489 e. The van der Waals surface area contributed by atoms with Gasteiger partial charge in [0.25, 0.3) is 0 Å². The molecule has 0 atom stereocenters. The number of nitrogens with zero attached hydrogens (tertiary/aromatic N) is 2. The molecule has 1 fully saturated rings. The summed E-state index contributed by atoms with van der Waals surface area (Å²) in [7, 11) is 0. The van der Waals surface area contributed by atoms with E-state index in [1.807, 2.05) is 23.9 Å². The summed E-state index contributed by atoms with van der Waals surface area (Å²) in [6.07, 6.45) is 3.94. The monoisotopic (exact) mass is 354 g/mol. The van der Waals surface area contributed by atoms with Gasteiger partial charge in [0, 0.05) is 43.2 Å². The van der Waals surface area contributed by atoms with Crippen molar-refractivity contribution in [3.05, 3.63) is 66.7 Å². The van der Waals surface area contributed by atoms with Crippen molar-refractivity contribution in [3.8, 4) is 5.75 Å². The van der Waals surface area contributed by atoms with Gasteiger partial charge >= 0.3 is 0 Å². The smallest absolute Gasteiger partial charge is 0.124 e. The van der Waals surface area contributed by atoms with E-state index in [1.54, 1.807) is 6.08 Å². The van der Waals surface area contributed by atoms with Gasteiger partial charge in [0.2, 0.25) is 0 Å². The largest absolute Gasteiger partial charge is 0.489 e. The molecule has 1 aliphatic rings. The van der Waals surface area contributed by atoms with Crippen molar-refractivity contribution >= 4 is 17.4 Å². The van der Waals surface area contributed by atoms with E-state index in [1.165, 1.54) is 16.1 Å². The highest BCUT2D eigenvalue weighted by molar-refractivity contribution is 7.98. The first-order valence-corrected chi connectivity index (χ1v) is 9.96. The fourth-order valence-corrected chi connectivity index (χ4v) is 3.82. The van der Waals surface area contributed by atoms with E-state index in [9.17, 15) is 0 Å². The van der Waals surface area contributed by atoms with Crippen molar-refractivity contribution < 1.29 is 4.74 Å². The molecule has 1 saturated heterocycles. The number of rotatable bonds is 7. The van der Waals surface area contributed by atoms with E-state index < -0.39 is 0 Å². The maximum atomic E-state index is 5.79. The molecule has 2 aromatic rings. The Balaban J connectivity index is 1.61. The number of ether oxygens (including phenoxy) is 1. The zero-order valence-electron chi connectivity index (χ0n) is 14.9. The van der Waals surface area contributed by atoms with Crippen molar-refractivity contribution in [1.29, 1.82) is 0 Å². The third-order valence-electron chi connectivity index (χ3n) is 4.52. The number of benzene rings is 2. The molecule has 0 saturated carbocycles. The summed E-state index contributed by atoms with van der Waals surface area (Å²) in [5, 5.41) is 0. The zero-order chi connectivity index (χ0) is 17.5. The van der Waals surface area contributed by atoms with Crippen LogP contribution in [0.3, 0.4) is 0 Å². The minimum absolute atomic E-state index is 0.552. The molecule has 0 unspecified atom stereocenters. The van der Waals surface area contributed by atoms with Gasteiger partial charge in [0.1, 0.15) is 12.4 Å². The lowest BCUT2D eigenvalue weighted by Crippen LogP contribution is -2.46. The molecule has 1 heterocycles. The summed E-state index contributed by atoms with van der Waals surface area (Å²) in [5.74, 6) is 0.970. The molecule has 0 aromatic heterocycles. The van der Waals surface area contributed by atoms with Crippen LogP contribution >= 0.6 is 11.8 Å². The molecular weight excluding hydrogens is 328 g/mol. The first-order chi connectivity index (χ1) is 12.3. The highest BCUT2D eigenvalue weighted by atomic mass is 32.2. The van der Waals surface area contributed by atoms with Gasteiger partial charge in [0.05, 0.1) is 5.69 Å². The van der Waals surface area contributed by atoms with Gasteiger partial charge < -0.3 is 9.64 Å². The topological polar surface area (TPSA) is 15.7 Å². The first-order valence-electron chi connectivity index (χ1n) is 8.73. The van der Waals surface area contributed by atoms with Gasteiger partial charge in [-0.15, -0.1) is 11.8 Å². The van der Waals surface area contributed by atoms with Gasteiger partial charge in [-0.1, -0.05) is 43.0 Å². The molecule has 0 bridgehead atoms. The summed E-state index contributed by atoms with van der Waals surface area (Å²) in [6, 6.07) is 17.0. The Morgan fingerprint density at radius 3 is 2.52 bits per heavy atom. The predicted octanol–water partition coefficient (Wildman–Crippen LogP) is 4.30. The molecule has 1 aliphatic heterocycles. The van der Waals surface area contributed by atoms with Crippen molar-refractivity contribution in [1.82, 2.24) is 4.90 Å². The van der Waals surface area contributed by atoms with Gasteiger partial charge in [-0.05, 0) is 24.5 Å². The third kappa shape index (κ3) is 4.59. The predicted molar refractivity (Wildman–Crippen MR) is 108 cm³/mol. The van der Waals surface area contributed by atoms with Gasteiger partial charge in [-0.25, -0.2) is 0 Å². The molecule has 0 amide bonds. The van der Waals surface area contributed by atoms with Crippen LogP contribution in [0.5, 0.6) is 5.75 Å². The maximum absolute atomic E-state index is 5.79. The average molecular weight is 355 g/mol. The van der Waals surface area contributed by atoms with Crippen molar-refractivity contribution in [3.63, 3.8) is 0 Å². The maximum Gasteiger partial charge on any atom is 0.124 e. The normalized spacial score (nSPS) is 15.2. The number of anilines is 1. The fourth-order valence-electron chi connectivity index (χ4n) is 3.20. The quantitative estimate of drug-likeness (QED) is 0.544. The van der Waals surface area contributed by atoms with Crippen LogP contribution in [0.15, 0.2) is 66.1 Å². The highest BCUT2D eigenvalue weighted by Gasteiger charge is 2.19. The Morgan fingerprint density at radius 2 is 1.76 bits per heavy atom.